The van der Waals surface area contributed by atoms with E-state index in [0.29, 0.717) is 0 Å². The number of hydrogen-bond acceptors (Lipinski definition) is 7. The fraction of sp³-hybridized carbons (Fsp3) is 0.615. The number of benzene rings is 1. The van der Waals surface area contributed by atoms with Crippen LogP contribution < -0.4 is 10.1 Å². The van der Waals surface area contributed by atoms with Crippen LogP contribution in [0.2, 0.25) is 0 Å². The van der Waals surface area contributed by atoms with Gasteiger partial charge in [0.2, 0.25) is 5.91 Å². The number of carboxylic acid groups (broad SMARTS) is 2. The van der Waals surface area contributed by atoms with Crippen molar-refractivity contribution in [3.8, 4) is 5.75 Å². The van der Waals surface area contributed by atoms with Crippen molar-refractivity contribution in [3.05, 3.63) is 29.8 Å². The van der Waals surface area contributed by atoms with Crippen LogP contribution in [-0.4, -0.2) is 76.3 Å². The number of amides is 1. The second-order valence-corrected chi connectivity index (χ2v) is 10.00. The predicted octanol–water partition coefficient (Wildman–Crippen LogP) is 2.15. The van der Waals surface area contributed by atoms with Gasteiger partial charge in [-0.1, -0.05) is 39.3 Å². The number of nitrogens with one attached hydrogen (secondary N) is 1. The Morgan fingerprint density at radius 3 is 2.38 bits per heavy atom. The number of carbonyl (C=O) groups is 4. The fourth-order valence-electron chi connectivity index (χ4n) is 4.76. The largest absolute Gasteiger partial charge is 0.481 e. The topological polar surface area (TPSA) is 153 Å². The summed E-state index contributed by atoms with van der Waals surface area (Å²) < 4.78 is 5.33. The molecule has 1 aromatic rings. The molecule has 0 saturated carbocycles. The molecular weight excluding hydrogens is 500 g/mol. The van der Waals surface area contributed by atoms with E-state index in [4.69, 9.17) is 4.74 Å². The Labute approximate surface area is 224 Å². The minimum atomic E-state index is -2.12. The number of nitrogens with zero attached hydrogens (tertiary/aromatic N) is 1. The lowest BCUT2D eigenvalue weighted by Gasteiger charge is -2.35. The number of ether oxygens (including phenoxy) is 1. The van der Waals surface area contributed by atoms with Gasteiger partial charge >= 0.3 is 17.9 Å². The van der Waals surface area contributed by atoms with Gasteiger partial charge in [0.25, 0.3) is 0 Å². The maximum Gasteiger partial charge on any atom is 0.341 e. The van der Waals surface area contributed by atoms with Gasteiger partial charge in [0.1, 0.15) is 17.7 Å². The van der Waals surface area contributed by atoms with Gasteiger partial charge in [0, 0.05) is 18.4 Å². The van der Waals surface area contributed by atoms with Gasteiger partial charge in [-0.25, -0.2) is 9.59 Å². The van der Waals surface area contributed by atoms with Crippen molar-refractivity contribution in [1.82, 2.24) is 10.2 Å². The molecule has 3 unspecified atom stereocenters. The van der Waals surface area contributed by atoms with E-state index in [-0.39, 0.29) is 24.7 Å². The summed E-state index contributed by atoms with van der Waals surface area (Å²) in [4.78, 5) is 50.3. The van der Waals surface area contributed by atoms with Gasteiger partial charge in [0.15, 0.2) is 6.10 Å². The van der Waals surface area contributed by atoms with E-state index in [2.05, 4.69) is 24.2 Å². The highest BCUT2D eigenvalue weighted by molar-refractivity contribution is 7.59. The number of carbonyl (C=O) groups excluding carboxylic acids is 2. The molecule has 1 saturated heterocycles. The third kappa shape index (κ3) is 8.72. The summed E-state index contributed by atoms with van der Waals surface area (Å²) in [6, 6.07) is 5.81. The first-order valence-corrected chi connectivity index (χ1v) is 12.3. The molecule has 1 aliphatic heterocycles. The lowest BCUT2D eigenvalue weighted by atomic mass is 9.74. The van der Waals surface area contributed by atoms with E-state index >= 15 is 0 Å². The van der Waals surface area contributed by atoms with Crippen LogP contribution in [0.4, 0.5) is 0 Å². The highest BCUT2D eigenvalue weighted by Gasteiger charge is 2.37. The van der Waals surface area contributed by atoms with Crippen LogP contribution in [0.5, 0.6) is 5.75 Å². The van der Waals surface area contributed by atoms with Gasteiger partial charge < -0.3 is 30.3 Å². The molecule has 1 aliphatic rings. The quantitative estimate of drug-likeness (QED) is 0.244. The van der Waals surface area contributed by atoms with Crippen molar-refractivity contribution in [2.45, 2.75) is 70.4 Å². The molecule has 0 aliphatic carbocycles. The first kappa shape index (κ1) is 32.4. The smallest absolute Gasteiger partial charge is 0.341 e. The van der Waals surface area contributed by atoms with Crippen molar-refractivity contribution in [2.24, 2.45) is 11.8 Å². The summed E-state index contributed by atoms with van der Waals surface area (Å²) in [6.45, 7) is 7.16. The predicted molar refractivity (Wildman–Crippen MR) is 142 cm³/mol. The molecule has 0 radical (unpaired) electrons. The number of rotatable bonds is 11. The highest BCUT2D eigenvalue weighted by atomic mass is 32.1. The lowest BCUT2D eigenvalue weighted by Crippen LogP contribution is -2.47. The molecule has 2 rings (SSSR count). The molecule has 208 valence electrons. The second kappa shape index (κ2) is 14.3. The van der Waals surface area contributed by atoms with Crippen molar-refractivity contribution >= 4 is 37.3 Å². The van der Waals surface area contributed by atoms with E-state index in [9.17, 15) is 34.5 Å². The molecule has 0 bridgehead atoms. The minimum Gasteiger partial charge on any atom is -0.481 e. The zero-order valence-electron chi connectivity index (χ0n) is 21.9. The number of hydrogen-bond donors (Lipinski definition) is 4. The summed E-state index contributed by atoms with van der Waals surface area (Å²) >= 11 is 0. The van der Waals surface area contributed by atoms with Crippen LogP contribution in [0.25, 0.3) is 0 Å². The first-order chi connectivity index (χ1) is 16.9. The number of esters is 1. The SMILES string of the molecule is CCC1(c2cccc(OC(=O)C(O)C(CC(=O)N[C@H](C(=O)O)C(C)C)C(=O)O)c2)CCCCN(C)C1.S. The molecule has 37 heavy (non-hydrogen) atoms. The molecule has 0 aromatic heterocycles. The van der Waals surface area contributed by atoms with Crippen LogP contribution in [0, 0.1) is 11.8 Å². The number of aliphatic hydroxyl groups excluding tert-OH is 1. The Morgan fingerprint density at radius 1 is 1.14 bits per heavy atom. The zero-order chi connectivity index (χ0) is 27.0. The van der Waals surface area contributed by atoms with Crippen molar-refractivity contribution < 1.29 is 39.2 Å². The summed E-state index contributed by atoms with van der Waals surface area (Å²) in [6.07, 6.45) is 1.14. The van der Waals surface area contributed by atoms with Crippen LogP contribution in [-0.2, 0) is 24.6 Å². The highest BCUT2D eigenvalue weighted by Crippen LogP contribution is 2.37. The Kier molecular flexibility index (Phi) is 12.6. The van der Waals surface area contributed by atoms with Gasteiger partial charge in [-0.3, -0.25) is 9.59 Å². The second-order valence-electron chi connectivity index (χ2n) is 10.00. The number of aliphatic hydroxyl groups is 1. The molecule has 0 spiro atoms. The first-order valence-electron chi connectivity index (χ1n) is 12.3. The van der Waals surface area contributed by atoms with Crippen molar-refractivity contribution in [3.63, 3.8) is 0 Å². The monoisotopic (exact) mass is 540 g/mol. The average molecular weight is 541 g/mol. The molecule has 1 heterocycles. The summed E-state index contributed by atoms with van der Waals surface area (Å²) in [5.74, 6) is -7.03. The van der Waals surface area contributed by atoms with Crippen molar-refractivity contribution in [2.75, 3.05) is 20.1 Å². The summed E-state index contributed by atoms with van der Waals surface area (Å²) in [5, 5.41) is 31.4. The zero-order valence-corrected chi connectivity index (χ0v) is 22.9. The third-order valence-corrected chi connectivity index (χ3v) is 6.95. The van der Waals surface area contributed by atoms with E-state index < -0.39 is 54.2 Å². The molecule has 4 atom stereocenters. The van der Waals surface area contributed by atoms with Crippen LogP contribution in [0.1, 0.15) is 58.4 Å². The van der Waals surface area contributed by atoms with E-state index in [1.165, 1.54) is 0 Å². The molecule has 1 aromatic carbocycles. The molecule has 11 heteroatoms. The van der Waals surface area contributed by atoms with E-state index in [1.54, 1.807) is 32.0 Å². The fourth-order valence-corrected chi connectivity index (χ4v) is 4.76. The standard InChI is InChI=1S/C26H38N2O8.H2S/c1-5-26(11-6-7-12-28(4)15-26)17-9-8-10-18(13-17)36-25(35)22(30)19(23(31)32)14-20(29)27-21(16(2)3)24(33)34;/h8-10,13,16,19,21-22,30H,5-7,11-12,14-15H2,1-4H3,(H,27,29)(H,31,32)(H,33,34);1H2/t19?,21-,22?,26?;/m0./s1. The number of carboxylic acids is 2. The molecule has 1 fully saturated rings. The van der Waals surface area contributed by atoms with E-state index in [0.717, 1.165) is 44.3 Å². The molecule has 10 nitrogen and oxygen atoms in total. The van der Waals surface area contributed by atoms with Crippen LogP contribution in [0.3, 0.4) is 0 Å². The Morgan fingerprint density at radius 2 is 1.81 bits per heavy atom. The third-order valence-electron chi connectivity index (χ3n) is 6.95. The minimum absolute atomic E-state index is 0. The van der Waals surface area contributed by atoms with Crippen molar-refractivity contribution in [1.29, 1.82) is 0 Å². The maximum absolute atomic E-state index is 12.7. The van der Waals surface area contributed by atoms with Gasteiger partial charge in [-0.2, -0.15) is 13.5 Å². The van der Waals surface area contributed by atoms with E-state index in [1.807, 2.05) is 6.07 Å². The van der Waals surface area contributed by atoms with Gasteiger partial charge in [0.05, 0.1) is 0 Å². The Hall–Kier alpha value is -2.63. The Bertz CT molecular complexity index is 956. The van der Waals surface area contributed by atoms with Crippen LogP contribution >= 0.6 is 13.5 Å². The number of likely N-dealkylation sites (N-methyl/N-ethyl adjacent to an activating group) is 1. The summed E-state index contributed by atoms with van der Waals surface area (Å²) in [5.41, 5.74) is 0.881. The lowest BCUT2D eigenvalue weighted by molar-refractivity contribution is -0.159. The molecular formula is C26H40N2O8S. The van der Waals surface area contributed by atoms with Crippen LogP contribution in [0.15, 0.2) is 24.3 Å². The summed E-state index contributed by atoms with van der Waals surface area (Å²) in [7, 11) is 2.08. The molecule has 1 amide bonds. The van der Waals surface area contributed by atoms with Gasteiger partial charge in [-0.05, 0) is 56.5 Å². The number of aliphatic carboxylic acids is 2. The number of likely N-dealkylation sites (tertiary alicyclic amines) is 1. The average Bonchev–Trinajstić information content (AvgIpc) is 3.02. The van der Waals surface area contributed by atoms with Gasteiger partial charge in [-0.15, -0.1) is 0 Å². The maximum atomic E-state index is 12.7. The normalized spacial score (nSPS) is 20.6. The molecule has 4 N–H and O–H groups in total. The Balaban J connectivity index is 0.00000684.